The molecule has 0 aromatic rings. The third kappa shape index (κ3) is 7.45. The molecule has 1 rings (SSSR count). The van der Waals surface area contributed by atoms with Crippen LogP contribution in [0.2, 0.25) is 0 Å². The minimum absolute atomic E-state index is 0.139. The van der Waals surface area contributed by atoms with Crippen LogP contribution in [0.3, 0.4) is 0 Å². The van der Waals surface area contributed by atoms with Crippen molar-refractivity contribution in [2.45, 2.75) is 44.6 Å². The van der Waals surface area contributed by atoms with E-state index in [0.717, 1.165) is 19.3 Å². The first-order chi connectivity index (χ1) is 9.37. The van der Waals surface area contributed by atoms with E-state index in [1.807, 2.05) is 28.1 Å². The highest BCUT2D eigenvalue weighted by Gasteiger charge is 2.41. The minimum Gasteiger partial charge on any atom is -0.329 e. The van der Waals surface area contributed by atoms with Gasteiger partial charge in [-0.15, -0.1) is 11.6 Å². The number of alkyl halides is 1. The molecule has 0 saturated heterocycles. The SMILES string of the molecule is CC(Cl)CC1CC(C)C(C(C[N+](C)(C)C)OP(=O)(O)O)C1. The first kappa shape index (κ1) is 19.4. The highest BCUT2D eigenvalue weighted by molar-refractivity contribution is 7.46. The Labute approximate surface area is 133 Å². The first-order valence-corrected chi connectivity index (χ1v) is 9.52. The predicted octanol–water partition coefficient (Wildman–Crippen LogP) is 2.85. The van der Waals surface area contributed by atoms with Gasteiger partial charge in [0.2, 0.25) is 0 Å². The molecule has 0 bridgehead atoms. The van der Waals surface area contributed by atoms with Gasteiger partial charge in [0, 0.05) is 5.38 Å². The molecule has 1 aliphatic rings. The molecule has 21 heavy (non-hydrogen) atoms. The van der Waals surface area contributed by atoms with Crippen LogP contribution >= 0.6 is 19.4 Å². The molecule has 5 unspecified atom stereocenters. The molecule has 5 atom stereocenters. The Morgan fingerprint density at radius 1 is 1.33 bits per heavy atom. The maximum atomic E-state index is 11.3. The van der Waals surface area contributed by atoms with E-state index in [1.165, 1.54) is 0 Å². The summed E-state index contributed by atoms with van der Waals surface area (Å²) in [6, 6.07) is 0. The summed E-state index contributed by atoms with van der Waals surface area (Å²) in [4.78, 5) is 18.4. The van der Waals surface area contributed by atoms with E-state index in [2.05, 4.69) is 6.92 Å². The van der Waals surface area contributed by atoms with E-state index in [1.54, 1.807) is 0 Å². The van der Waals surface area contributed by atoms with E-state index in [9.17, 15) is 14.4 Å². The van der Waals surface area contributed by atoms with Gasteiger partial charge in [-0.1, -0.05) is 6.92 Å². The van der Waals surface area contributed by atoms with Gasteiger partial charge in [-0.2, -0.15) is 0 Å². The molecule has 126 valence electrons. The van der Waals surface area contributed by atoms with Gasteiger partial charge in [0.25, 0.3) is 0 Å². The second kappa shape index (κ2) is 7.29. The molecular weight excluding hydrogens is 313 g/mol. The van der Waals surface area contributed by atoms with Gasteiger partial charge in [0.1, 0.15) is 12.6 Å². The molecule has 1 saturated carbocycles. The quantitative estimate of drug-likeness (QED) is 0.424. The number of phosphoric acid groups is 1. The molecule has 1 aliphatic carbocycles. The number of halogens is 1. The Morgan fingerprint density at radius 2 is 1.90 bits per heavy atom. The maximum Gasteiger partial charge on any atom is 0.470 e. The molecule has 2 N–H and O–H groups in total. The Hall–Kier alpha value is 0.360. The van der Waals surface area contributed by atoms with Crippen molar-refractivity contribution in [1.29, 1.82) is 0 Å². The molecule has 7 heteroatoms. The van der Waals surface area contributed by atoms with Crippen LogP contribution in [-0.2, 0) is 9.09 Å². The lowest BCUT2D eigenvalue weighted by atomic mass is 9.91. The Balaban J connectivity index is 2.80. The number of quaternary nitrogens is 1. The summed E-state index contributed by atoms with van der Waals surface area (Å²) in [7, 11) is 1.55. The van der Waals surface area contributed by atoms with E-state index < -0.39 is 13.9 Å². The Kier molecular flexibility index (Phi) is 6.73. The van der Waals surface area contributed by atoms with Crippen LogP contribution in [0.25, 0.3) is 0 Å². The number of likely N-dealkylation sites (N-methyl/N-ethyl adjacent to an activating group) is 1. The van der Waals surface area contributed by atoms with Crippen molar-refractivity contribution >= 4 is 19.4 Å². The van der Waals surface area contributed by atoms with Crippen LogP contribution < -0.4 is 0 Å². The predicted molar refractivity (Wildman–Crippen MR) is 85.1 cm³/mol. The summed E-state index contributed by atoms with van der Waals surface area (Å²) in [5.41, 5.74) is 0. The molecule has 0 amide bonds. The minimum atomic E-state index is -4.47. The lowest BCUT2D eigenvalue weighted by molar-refractivity contribution is -0.873. The molecule has 1 fully saturated rings. The summed E-state index contributed by atoms with van der Waals surface area (Å²) in [6.07, 6.45) is 2.52. The summed E-state index contributed by atoms with van der Waals surface area (Å²) in [5, 5.41) is 0.139. The van der Waals surface area contributed by atoms with Crippen LogP contribution in [0.5, 0.6) is 0 Å². The fourth-order valence-corrected chi connectivity index (χ4v) is 4.37. The van der Waals surface area contributed by atoms with E-state index >= 15 is 0 Å². The summed E-state index contributed by atoms with van der Waals surface area (Å²) < 4.78 is 17.0. The highest BCUT2D eigenvalue weighted by atomic mass is 35.5. The van der Waals surface area contributed by atoms with Gasteiger partial charge in [-0.25, -0.2) is 4.57 Å². The van der Waals surface area contributed by atoms with E-state index in [4.69, 9.17) is 16.1 Å². The summed E-state index contributed by atoms with van der Waals surface area (Å²) >= 11 is 6.09. The summed E-state index contributed by atoms with van der Waals surface area (Å²) in [5.74, 6) is 1.09. The zero-order valence-corrected chi connectivity index (χ0v) is 15.3. The second-order valence-electron chi connectivity index (χ2n) is 7.60. The molecule has 0 aromatic carbocycles. The number of rotatable bonds is 7. The number of phosphoric ester groups is 1. The zero-order valence-electron chi connectivity index (χ0n) is 13.7. The molecule has 0 aromatic heterocycles. The van der Waals surface area contributed by atoms with Crippen LogP contribution in [-0.4, -0.2) is 53.4 Å². The van der Waals surface area contributed by atoms with Gasteiger partial charge in [0.05, 0.1) is 21.1 Å². The van der Waals surface area contributed by atoms with Crippen molar-refractivity contribution in [3.63, 3.8) is 0 Å². The van der Waals surface area contributed by atoms with Crippen molar-refractivity contribution in [2.75, 3.05) is 27.7 Å². The summed E-state index contributed by atoms with van der Waals surface area (Å²) in [6.45, 7) is 4.73. The van der Waals surface area contributed by atoms with Gasteiger partial charge < -0.3 is 14.3 Å². The molecule has 0 radical (unpaired) electrons. The zero-order chi connectivity index (χ0) is 16.4. The van der Waals surface area contributed by atoms with Crippen molar-refractivity contribution in [2.24, 2.45) is 17.8 Å². The van der Waals surface area contributed by atoms with Crippen molar-refractivity contribution in [1.82, 2.24) is 0 Å². The average molecular weight is 343 g/mol. The number of hydrogen-bond acceptors (Lipinski definition) is 2. The third-order valence-corrected chi connectivity index (χ3v) is 4.90. The average Bonchev–Trinajstić information content (AvgIpc) is 2.52. The lowest BCUT2D eigenvalue weighted by Gasteiger charge is -2.33. The van der Waals surface area contributed by atoms with E-state index in [-0.39, 0.29) is 11.3 Å². The highest BCUT2D eigenvalue weighted by Crippen LogP contribution is 2.47. The van der Waals surface area contributed by atoms with Crippen molar-refractivity contribution in [3.05, 3.63) is 0 Å². The maximum absolute atomic E-state index is 11.3. The smallest absolute Gasteiger partial charge is 0.329 e. The molecule has 5 nitrogen and oxygen atoms in total. The number of nitrogens with zero attached hydrogens (tertiary/aromatic N) is 1. The topological polar surface area (TPSA) is 66.8 Å². The normalized spacial score (nSPS) is 30.4. The van der Waals surface area contributed by atoms with E-state index in [0.29, 0.717) is 22.9 Å². The molecule has 0 spiro atoms. The van der Waals surface area contributed by atoms with Crippen molar-refractivity contribution < 1.29 is 23.4 Å². The van der Waals surface area contributed by atoms with Crippen LogP contribution in [0.4, 0.5) is 0 Å². The molecule has 0 heterocycles. The van der Waals surface area contributed by atoms with Gasteiger partial charge >= 0.3 is 7.82 Å². The standard InChI is InChI=1S/C14H29ClNO4P/c1-10-6-12(7-11(2)15)8-13(10)14(9-16(3,4)5)20-21(17,18)19/h10-14H,6-9H2,1-5H3,(H-,17,18,19)/p+1. The van der Waals surface area contributed by atoms with Gasteiger partial charge in [-0.05, 0) is 43.9 Å². The molecular formula is C14H30ClNO4P+. The Morgan fingerprint density at radius 3 is 2.33 bits per heavy atom. The van der Waals surface area contributed by atoms with Crippen LogP contribution in [0.15, 0.2) is 0 Å². The fourth-order valence-electron chi connectivity index (χ4n) is 3.55. The second-order valence-corrected chi connectivity index (χ2v) is 9.54. The lowest BCUT2D eigenvalue weighted by Crippen LogP contribution is -2.45. The first-order valence-electron chi connectivity index (χ1n) is 7.56. The van der Waals surface area contributed by atoms with Crippen molar-refractivity contribution in [3.8, 4) is 0 Å². The third-order valence-electron chi connectivity index (χ3n) is 4.18. The fraction of sp³-hybridized carbons (Fsp3) is 1.00. The van der Waals surface area contributed by atoms with Crippen LogP contribution in [0.1, 0.15) is 33.1 Å². The Bertz CT molecular complexity index is 380. The largest absolute Gasteiger partial charge is 0.470 e. The van der Waals surface area contributed by atoms with Gasteiger partial charge in [-0.3, -0.25) is 4.52 Å². The number of hydrogen-bond donors (Lipinski definition) is 2. The van der Waals surface area contributed by atoms with Crippen LogP contribution in [0, 0.1) is 17.8 Å². The van der Waals surface area contributed by atoms with Gasteiger partial charge in [0.15, 0.2) is 0 Å². The monoisotopic (exact) mass is 342 g/mol. The molecule has 0 aliphatic heterocycles.